The van der Waals surface area contributed by atoms with Gasteiger partial charge in [-0.05, 0) is 35.2 Å². The summed E-state index contributed by atoms with van der Waals surface area (Å²) in [4.78, 5) is 10.5. The Morgan fingerprint density at radius 3 is 2.53 bits per heavy atom. The summed E-state index contributed by atoms with van der Waals surface area (Å²) in [6.45, 7) is 0. The van der Waals surface area contributed by atoms with Gasteiger partial charge in [-0.2, -0.15) is 0 Å². The largest absolute Gasteiger partial charge is 0.481 e. The molecule has 0 aromatic heterocycles. The van der Waals surface area contributed by atoms with E-state index >= 15 is 0 Å². The van der Waals surface area contributed by atoms with Crippen molar-refractivity contribution in [3.63, 3.8) is 0 Å². The van der Waals surface area contributed by atoms with Crippen LogP contribution in [0.15, 0.2) is 40.9 Å². The van der Waals surface area contributed by atoms with Gasteiger partial charge in [0.05, 0.1) is 0 Å². The molecule has 0 amide bonds. The van der Waals surface area contributed by atoms with Crippen molar-refractivity contribution in [3.8, 4) is 0 Å². The molecule has 2 aromatic carbocycles. The number of carbonyl (C=O) groups is 1. The van der Waals surface area contributed by atoms with E-state index in [1.54, 1.807) is 0 Å². The number of hydrogen-bond donors (Lipinski definition) is 1. The summed E-state index contributed by atoms with van der Waals surface area (Å²) in [5, 5.41) is 11.0. The summed E-state index contributed by atoms with van der Waals surface area (Å²) in [6, 6.07) is 12.3. The van der Waals surface area contributed by atoms with Crippen molar-refractivity contribution in [1.29, 1.82) is 0 Å². The molecule has 2 rings (SSSR count). The van der Waals surface area contributed by atoms with Crippen LogP contribution in [0, 0.1) is 0 Å². The minimum absolute atomic E-state index is 0.227. The molecule has 0 atom stereocenters. The maximum atomic E-state index is 10.5. The van der Waals surface area contributed by atoms with Crippen molar-refractivity contribution in [1.82, 2.24) is 0 Å². The topological polar surface area (TPSA) is 37.3 Å². The number of carboxylic acid groups (broad SMARTS) is 1. The van der Waals surface area contributed by atoms with Gasteiger partial charge in [0.2, 0.25) is 0 Å². The Labute approximate surface area is 108 Å². The van der Waals surface area contributed by atoms with E-state index in [9.17, 15) is 4.79 Å². The zero-order valence-corrected chi connectivity index (χ0v) is 10.9. The first-order valence-corrected chi connectivity index (χ1v) is 6.35. The van der Waals surface area contributed by atoms with Crippen molar-refractivity contribution >= 4 is 32.7 Å². The standard InChI is InChI=1S/C14H13BrO2/c15-13-9-8-10(4-3-7-14(16)17)11-5-1-2-6-12(11)13/h1-2,5-6,8-9H,3-4,7H2,(H,16,17). The second kappa shape index (κ2) is 5.32. The maximum Gasteiger partial charge on any atom is 0.303 e. The number of halogens is 1. The average Bonchev–Trinajstić information content (AvgIpc) is 2.32. The van der Waals surface area contributed by atoms with E-state index in [0.29, 0.717) is 6.42 Å². The molecule has 17 heavy (non-hydrogen) atoms. The molecule has 0 heterocycles. The highest BCUT2D eigenvalue weighted by Crippen LogP contribution is 2.27. The zero-order valence-electron chi connectivity index (χ0n) is 9.32. The highest BCUT2D eigenvalue weighted by Gasteiger charge is 2.04. The first-order chi connectivity index (χ1) is 8.18. The number of hydrogen-bond acceptors (Lipinski definition) is 1. The van der Waals surface area contributed by atoms with Gasteiger partial charge >= 0.3 is 5.97 Å². The fourth-order valence-corrected chi connectivity index (χ4v) is 2.45. The number of carboxylic acids is 1. The molecule has 0 spiro atoms. The maximum absolute atomic E-state index is 10.5. The Bertz CT molecular complexity index is 549. The quantitative estimate of drug-likeness (QED) is 0.924. The first-order valence-electron chi connectivity index (χ1n) is 5.56. The van der Waals surface area contributed by atoms with E-state index in [-0.39, 0.29) is 6.42 Å². The predicted octanol–water partition coefficient (Wildman–Crippen LogP) is 4.01. The monoisotopic (exact) mass is 292 g/mol. The Kier molecular flexibility index (Phi) is 3.79. The number of fused-ring (bicyclic) bond motifs is 1. The Balaban J connectivity index is 2.28. The number of benzene rings is 2. The molecule has 0 aliphatic heterocycles. The molecule has 2 nitrogen and oxygen atoms in total. The van der Waals surface area contributed by atoms with Crippen molar-refractivity contribution < 1.29 is 9.90 Å². The van der Waals surface area contributed by atoms with Crippen molar-refractivity contribution in [2.45, 2.75) is 19.3 Å². The normalized spacial score (nSPS) is 10.6. The van der Waals surface area contributed by atoms with E-state index in [1.165, 1.54) is 16.3 Å². The van der Waals surface area contributed by atoms with Crippen LogP contribution in [0.2, 0.25) is 0 Å². The molecule has 3 heteroatoms. The second-order valence-electron chi connectivity index (χ2n) is 4.00. The van der Waals surface area contributed by atoms with E-state index in [0.717, 1.165) is 10.9 Å². The summed E-state index contributed by atoms with van der Waals surface area (Å²) < 4.78 is 1.08. The SMILES string of the molecule is O=C(O)CCCc1ccc(Br)c2ccccc12. The third-order valence-corrected chi connectivity index (χ3v) is 3.49. The van der Waals surface area contributed by atoms with Gasteiger partial charge in [-0.1, -0.05) is 46.3 Å². The highest BCUT2D eigenvalue weighted by molar-refractivity contribution is 9.10. The molecule has 0 aliphatic carbocycles. The number of aryl methyl sites for hydroxylation is 1. The predicted molar refractivity (Wildman–Crippen MR) is 72.2 cm³/mol. The Hall–Kier alpha value is -1.35. The molecule has 0 fully saturated rings. The van der Waals surface area contributed by atoms with Crippen LogP contribution in [0.4, 0.5) is 0 Å². The van der Waals surface area contributed by atoms with Gasteiger partial charge in [0.1, 0.15) is 0 Å². The third kappa shape index (κ3) is 2.86. The summed E-state index contributed by atoms with van der Waals surface area (Å²) in [7, 11) is 0. The molecule has 0 unspecified atom stereocenters. The molecular formula is C14H13BrO2. The van der Waals surface area contributed by atoms with Crippen molar-refractivity contribution in [2.75, 3.05) is 0 Å². The van der Waals surface area contributed by atoms with Gasteiger partial charge in [-0.15, -0.1) is 0 Å². The lowest BCUT2D eigenvalue weighted by Gasteiger charge is -2.07. The second-order valence-corrected chi connectivity index (χ2v) is 4.85. The van der Waals surface area contributed by atoms with Gasteiger partial charge < -0.3 is 5.11 Å². The van der Waals surface area contributed by atoms with Gasteiger partial charge in [-0.3, -0.25) is 4.79 Å². The van der Waals surface area contributed by atoms with Crippen LogP contribution in [0.3, 0.4) is 0 Å². The lowest BCUT2D eigenvalue weighted by atomic mass is 10.0. The molecule has 88 valence electrons. The molecule has 0 saturated heterocycles. The first kappa shape index (κ1) is 12.1. The number of aliphatic carboxylic acids is 1. The van der Waals surface area contributed by atoms with Gasteiger partial charge in [0, 0.05) is 10.9 Å². The Morgan fingerprint density at radius 1 is 1.12 bits per heavy atom. The van der Waals surface area contributed by atoms with Crippen molar-refractivity contribution in [3.05, 3.63) is 46.4 Å². The van der Waals surface area contributed by atoms with E-state index in [2.05, 4.69) is 34.1 Å². The molecule has 0 radical (unpaired) electrons. The average molecular weight is 293 g/mol. The number of rotatable bonds is 4. The van der Waals surface area contributed by atoms with Crippen LogP contribution in [0.1, 0.15) is 18.4 Å². The van der Waals surface area contributed by atoms with Crippen LogP contribution < -0.4 is 0 Å². The van der Waals surface area contributed by atoms with Gasteiger partial charge in [0.15, 0.2) is 0 Å². The van der Waals surface area contributed by atoms with E-state index < -0.39 is 5.97 Å². The van der Waals surface area contributed by atoms with Gasteiger partial charge in [-0.25, -0.2) is 0 Å². The summed E-state index contributed by atoms with van der Waals surface area (Å²) in [5.74, 6) is -0.730. The fraction of sp³-hybridized carbons (Fsp3) is 0.214. The molecule has 2 aromatic rings. The highest BCUT2D eigenvalue weighted by atomic mass is 79.9. The summed E-state index contributed by atoms with van der Waals surface area (Å²) in [5.41, 5.74) is 1.21. The fourth-order valence-electron chi connectivity index (χ4n) is 1.97. The summed E-state index contributed by atoms with van der Waals surface area (Å²) in [6.07, 6.45) is 1.71. The zero-order chi connectivity index (χ0) is 12.3. The molecule has 0 bridgehead atoms. The van der Waals surface area contributed by atoms with Crippen LogP contribution in [0.5, 0.6) is 0 Å². The van der Waals surface area contributed by atoms with E-state index in [4.69, 9.17) is 5.11 Å². The molecule has 0 saturated carbocycles. The minimum Gasteiger partial charge on any atom is -0.481 e. The van der Waals surface area contributed by atoms with Gasteiger partial charge in [0.25, 0.3) is 0 Å². The minimum atomic E-state index is -0.730. The third-order valence-electron chi connectivity index (χ3n) is 2.80. The lowest BCUT2D eigenvalue weighted by molar-refractivity contribution is -0.137. The van der Waals surface area contributed by atoms with Crippen LogP contribution >= 0.6 is 15.9 Å². The molecular weight excluding hydrogens is 280 g/mol. The molecule has 0 aliphatic rings. The van der Waals surface area contributed by atoms with Crippen LogP contribution in [0.25, 0.3) is 10.8 Å². The summed E-state index contributed by atoms with van der Waals surface area (Å²) >= 11 is 3.53. The van der Waals surface area contributed by atoms with Crippen LogP contribution in [-0.2, 0) is 11.2 Å². The van der Waals surface area contributed by atoms with Crippen molar-refractivity contribution in [2.24, 2.45) is 0 Å². The smallest absolute Gasteiger partial charge is 0.303 e. The lowest BCUT2D eigenvalue weighted by Crippen LogP contribution is -1.96. The Morgan fingerprint density at radius 2 is 1.82 bits per heavy atom. The van der Waals surface area contributed by atoms with Crippen LogP contribution in [-0.4, -0.2) is 11.1 Å². The van der Waals surface area contributed by atoms with E-state index in [1.807, 2.05) is 18.2 Å². The molecule has 1 N–H and O–H groups in total.